The first-order valence-electron chi connectivity index (χ1n) is 7.41. The second-order valence-electron chi connectivity index (χ2n) is 5.40. The minimum atomic E-state index is -5.09. The fraction of sp³-hybridized carbons (Fsp3) is 0.0667. The van der Waals surface area contributed by atoms with Gasteiger partial charge in [0.05, 0.1) is 4.90 Å². The molecule has 142 valence electrons. The molecule has 0 aliphatic carbocycles. The summed E-state index contributed by atoms with van der Waals surface area (Å²) < 4.78 is 42.2. The zero-order valence-corrected chi connectivity index (χ0v) is 15.5. The van der Waals surface area contributed by atoms with Gasteiger partial charge in [0.2, 0.25) is 0 Å². The van der Waals surface area contributed by atoms with E-state index >= 15 is 0 Å². The fourth-order valence-corrected chi connectivity index (χ4v) is 4.30. The van der Waals surface area contributed by atoms with Crippen molar-refractivity contribution in [2.24, 2.45) is 0 Å². The minimum Gasteiger partial charge on any atom is -0.401 e. The van der Waals surface area contributed by atoms with Crippen LogP contribution >= 0.6 is 7.82 Å². The molecule has 0 spiro atoms. The van der Waals surface area contributed by atoms with Crippen molar-refractivity contribution < 1.29 is 32.1 Å². The van der Waals surface area contributed by atoms with Gasteiger partial charge in [-0.15, -0.1) is 0 Å². The summed E-state index contributed by atoms with van der Waals surface area (Å²) in [6.45, 7) is 0. The van der Waals surface area contributed by atoms with Crippen LogP contribution < -0.4 is 5.32 Å². The van der Waals surface area contributed by atoms with Gasteiger partial charge in [0.1, 0.15) is 5.82 Å². The van der Waals surface area contributed by atoms with Crippen LogP contribution in [-0.4, -0.2) is 40.4 Å². The van der Waals surface area contributed by atoms with Crippen molar-refractivity contribution in [3.05, 3.63) is 59.9 Å². The number of sulfonamides is 1. The van der Waals surface area contributed by atoms with Crippen LogP contribution in [0.4, 0.5) is 5.82 Å². The van der Waals surface area contributed by atoms with Gasteiger partial charge in [-0.2, -0.15) is 0 Å². The highest BCUT2D eigenvalue weighted by Gasteiger charge is 2.40. The Morgan fingerprint density at radius 2 is 1.85 bits per heavy atom. The number of hydrogen-bond acceptors (Lipinski definition) is 6. The number of hydrogen-bond donors (Lipinski definition) is 3. The van der Waals surface area contributed by atoms with E-state index in [0.717, 1.165) is 7.05 Å². The average Bonchev–Trinajstić information content (AvgIpc) is 2.60. The van der Waals surface area contributed by atoms with Crippen molar-refractivity contribution in [3.63, 3.8) is 0 Å². The Kier molecular flexibility index (Phi) is 4.79. The van der Waals surface area contributed by atoms with E-state index in [-0.39, 0.29) is 16.3 Å². The highest BCUT2D eigenvalue weighted by atomic mass is 32.2. The maximum atomic E-state index is 12.7. The van der Waals surface area contributed by atoms with Crippen molar-refractivity contribution >= 4 is 35.3 Å². The standard InChI is InChI=1S/C15H14N3O7PS/c1-18-13(15(19)17-12-8-4-5-9-16-12)14(25-26(20,21)22)10-6-2-3-7-11(10)27(18,23)24/h2-9H,1H3,(H,16,17,19)(H2,20,21,22). The van der Waals surface area contributed by atoms with Gasteiger partial charge >= 0.3 is 7.82 Å². The minimum absolute atomic E-state index is 0.121. The van der Waals surface area contributed by atoms with Gasteiger partial charge in [-0.25, -0.2) is 18.0 Å². The lowest BCUT2D eigenvalue weighted by Crippen LogP contribution is -2.37. The summed E-state index contributed by atoms with van der Waals surface area (Å²) >= 11 is 0. The molecule has 0 fully saturated rings. The molecule has 1 aromatic heterocycles. The highest BCUT2D eigenvalue weighted by molar-refractivity contribution is 7.89. The van der Waals surface area contributed by atoms with E-state index in [2.05, 4.69) is 10.3 Å². The maximum Gasteiger partial charge on any atom is 0.524 e. The molecule has 1 amide bonds. The molecular formula is C15H14N3O7PS. The Labute approximate surface area is 154 Å². The lowest BCUT2D eigenvalue weighted by Gasteiger charge is -2.30. The van der Waals surface area contributed by atoms with E-state index in [1.807, 2.05) is 0 Å². The van der Waals surface area contributed by atoms with Crippen LogP contribution in [0.25, 0.3) is 5.76 Å². The van der Waals surface area contributed by atoms with E-state index in [1.165, 1.54) is 36.5 Å². The Morgan fingerprint density at radius 3 is 2.48 bits per heavy atom. The number of benzene rings is 1. The van der Waals surface area contributed by atoms with Gasteiger partial charge < -0.3 is 9.84 Å². The molecule has 2 aromatic rings. The van der Waals surface area contributed by atoms with E-state index in [1.54, 1.807) is 12.1 Å². The summed E-state index contributed by atoms with van der Waals surface area (Å²) in [6.07, 6.45) is 1.41. The van der Waals surface area contributed by atoms with Crippen molar-refractivity contribution in [2.45, 2.75) is 4.90 Å². The molecule has 0 saturated carbocycles. The Bertz CT molecular complexity index is 1080. The van der Waals surface area contributed by atoms with Crippen LogP contribution in [0, 0.1) is 0 Å². The van der Waals surface area contributed by atoms with Gasteiger partial charge in [-0.1, -0.05) is 18.2 Å². The first-order valence-corrected chi connectivity index (χ1v) is 10.4. The van der Waals surface area contributed by atoms with Gasteiger partial charge in [0, 0.05) is 18.8 Å². The number of fused-ring (bicyclic) bond motifs is 1. The van der Waals surface area contributed by atoms with Gasteiger partial charge in [0.15, 0.2) is 11.5 Å². The summed E-state index contributed by atoms with van der Waals surface area (Å²) in [4.78, 5) is 34.9. The van der Waals surface area contributed by atoms with Crippen LogP contribution in [0.5, 0.6) is 0 Å². The number of carbonyl (C=O) groups is 1. The molecule has 0 saturated heterocycles. The lowest BCUT2D eigenvalue weighted by atomic mass is 10.1. The lowest BCUT2D eigenvalue weighted by molar-refractivity contribution is -0.113. The first kappa shape index (κ1) is 19.1. The summed E-state index contributed by atoms with van der Waals surface area (Å²) in [5.74, 6) is -1.39. The molecule has 3 rings (SSSR count). The maximum absolute atomic E-state index is 12.7. The number of pyridine rings is 1. The second kappa shape index (κ2) is 6.78. The predicted molar refractivity (Wildman–Crippen MR) is 94.3 cm³/mol. The monoisotopic (exact) mass is 411 g/mol. The third-order valence-electron chi connectivity index (χ3n) is 3.63. The van der Waals surface area contributed by atoms with Crippen LogP contribution in [0.1, 0.15) is 5.56 Å². The Hall–Kier alpha value is -2.72. The zero-order valence-electron chi connectivity index (χ0n) is 13.8. The number of nitrogens with one attached hydrogen (secondary N) is 1. The number of phosphoric acid groups is 1. The smallest absolute Gasteiger partial charge is 0.401 e. The third-order valence-corrected chi connectivity index (χ3v) is 5.87. The number of nitrogens with zero attached hydrogens (tertiary/aromatic N) is 2. The third kappa shape index (κ3) is 3.71. The fourth-order valence-electron chi connectivity index (χ4n) is 2.49. The van der Waals surface area contributed by atoms with Gasteiger partial charge in [-0.3, -0.25) is 18.9 Å². The molecular weight excluding hydrogens is 397 g/mol. The largest absolute Gasteiger partial charge is 0.524 e. The quantitative estimate of drug-likeness (QED) is 0.635. The number of phosphoric ester groups is 1. The molecule has 1 aliphatic heterocycles. The summed E-state index contributed by atoms with van der Waals surface area (Å²) in [5, 5.41) is 2.38. The van der Waals surface area contributed by atoms with E-state index in [4.69, 9.17) is 4.52 Å². The summed E-state index contributed by atoms with van der Waals surface area (Å²) in [6, 6.07) is 10.1. The highest BCUT2D eigenvalue weighted by Crippen LogP contribution is 2.47. The van der Waals surface area contributed by atoms with Crippen molar-refractivity contribution in [2.75, 3.05) is 12.4 Å². The number of anilines is 1. The van der Waals surface area contributed by atoms with E-state index < -0.39 is 35.2 Å². The SMILES string of the molecule is CN1C(C(=O)Nc2ccccn2)=C(OP(=O)(O)O)c2ccccc2S1(=O)=O. The Morgan fingerprint density at radius 1 is 1.19 bits per heavy atom. The average molecular weight is 411 g/mol. The molecule has 0 radical (unpaired) electrons. The normalized spacial score (nSPS) is 15.9. The molecule has 3 N–H and O–H groups in total. The van der Waals surface area contributed by atoms with E-state index in [0.29, 0.717) is 4.31 Å². The van der Waals surface area contributed by atoms with Crippen LogP contribution in [0.2, 0.25) is 0 Å². The summed E-state index contributed by atoms with van der Waals surface area (Å²) in [5.41, 5.74) is -0.715. The van der Waals surface area contributed by atoms with Gasteiger partial charge in [-0.05, 0) is 24.3 Å². The zero-order chi connectivity index (χ0) is 19.8. The molecule has 27 heavy (non-hydrogen) atoms. The number of amides is 1. The molecule has 1 aromatic carbocycles. The molecule has 0 atom stereocenters. The van der Waals surface area contributed by atoms with E-state index in [9.17, 15) is 27.6 Å². The predicted octanol–water partition coefficient (Wildman–Crippen LogP) is 1.13. The van der Waals surface area contributed by atoms with Crippen LogP contribution in [-0.2, 0) is 23.9 Å². The first-order chi connectivity index (χ1) is 12.6. The van der Waals surface area contributed by atoms with Crippen LogP contribution in [0.3, 0.4) is 0 Å². The van der Waals surface area contributed by atoms with Crippen molar-refractivity contribution in [3.8, 4) is 0 Å². The second-order valence-corrected chi connectivity index (χ2v) is 8.50. The van der Waals surface area contributed by atoms with Crippen LogP contribution in [0.15, 0.2) is 59.3 Å². The summed E-state index contributed by atoms with van der Waals surface area (Å²) in [7, 11) is -8.14. The Balaban J connectivity index is 2.21. The topological polar surface area (TPSA) is 146 Å². The number of rotatable bonds is 4. The molecule has 12 heteroatoms. The van der Waals surface area contributed by atoms with Crippen molar-refractivity contribution in [1.29, 1.82) is 0 Å². The number of aromatic nitrogens is 1. The molecule has 2 heterocycles. The molecule has 10 nitrogen and oxygen atoms in total. The molecule has 0 bridgehead atoms. The van der Waals surface area contributed by atoms with Gasteiger partial charge in [0.25, 0.3) is 15.9 Å². The van der Waals surface area contributed by atoms with Crippen molar-refractivity contribution in [1.82, 2.24) is 9.29 Å². The number of likely N-dealkylation sites (N-methyl/N-ethyl adjacent to an activating group) is 1. The molecule has 0 unspecified atom stereocenters. The molecule has 1 aliphatic rings. The number of carbonyl (C=O) groups excluding carboxylic acids is 1.